The number of hydrogen-bond acceptors (Lipinski definition) is 3. The molecule has 25 heavy (non-hydrogen) atoms. The number of amides is 1. The maximum Gasteiger partial charge on any atom is 0.326 e. The van der Waals surface area contributed by atoms with Crippen LogP contribution in [-0.2, 0) is 9.59 Å². The van der Waals surface area contributed by atoms with Gasteiger partial charge in [0.25, 0.3) is 0 Å². The maximum atomic E-state index is 12.3. The minimum Gasteiger partial charge on any atom is -0.492 e. The van der Waals surface area contributed by atoms with Crippen LogP contribution >= 0.6 is 0 Å². The van der Waals surface area contributed by atoms with Crippen LogP contribution in [0.2, 0.25) is 0 Å². The van der Waals surface area contributed by atoms with E-state index in [0.717, 1.165) is 23.3 Å². The van der Waals surface area contributed by atoms with Gasteiger partial charge in [-0.15, -0.1) is 0 Å². The van der Waals surface area contributed by atoms with Crippen molar-refractivity contribution in [3.63, 3.8) is 0 Å². The molecule has 0 aromatic heterocycles. The quantitative estimate of drug-likeness (QED) is 0.878. The van der Waals surface area contributed by atoms with E-state index in [2.05, 4.69) is 0 Å². The molecule has 1 saturated heterocycles. The summed E-state index contributed by atoms with van der Waals surface area (Å²) in [5.74, 6) is -0.374. The first-order valence-electron chi connectivity index (χ1n) is 8.46. The predicted octanol–water partition coefficient (Wildman–Crippen LogP) is 3.20. The average Bonchev–Trinajstić information content (AvgIpc) is 3.13. The number of hydrogen-bond donors (Lipinski definition) is 1. The third-order valence-corrected chi connectivity index (χ3v) is 4.40. The number of carboxylic acids is 1. The first-order valence-corrected chi connectivity index (χ1v) is 8.46. The summed E-state index contributed by atoms with van der Waals surface area (Å²) in [7, 11) is 0. The van der Waals surface area contributed by atoms with Gasteiger partial charge in [0.05, 0.1) is 13.0 Å². The third kappa shape index (κ3) is 3.99. The molecule has 130 valence electrons. The van der Waals surface area contributed by atoms with Gasteiger partial charge in [-0.05, 0) is 24.5 Å². The average molecular weight is 339 g/mol. The van der Waals surface area contributed by atoms with Gasteiger partial charge in [0.15, 0.2) is 0 Å². The van der Waals surface area contributed by atoms with E-state index in [9.17, 15) is 14.7 Å². The monoisotopic (exact) mass is 339 g/mol. The lowest BCUT2D eigenvalue weighted by molar-refractivity contribution is -0.148. The molecule has 2 aromatic rings. The van der Waals surface area contributed by atoms with E-state index in [0.29, 0.717) is 13.0 Å². The fourth-order valence-corrected chi connectivity index (χ4v) is 3.16. The van der Waals surface area contributed by atoms with Crippen LogP contribution in [0.4, 0.5) is 0 Å². The Hall–Kier alpha value is -2.82. The summed E-state index contributed by atoms with van der Waals surface area (Å²) < 4.78 is 5.82. The molecular weight excluding hydrogens is 318 g/mol. The van der Waals surface area contributed by atoms with Crippen molar-refractivity contribution in [1.82, 2.24) is 4.90 Å². The standard InChI is InChI=1S/C20H21NO4/c22-19(21-13-6-10-17(21)20(23)24)12-14-25-18-11-5-4-9-16(18)15-7-2-1-3-8-15/h1-5,7-9,11,17H,6,10,12-14H2,(H,23,24)/t17-/m1/s1. The minimum absolute atomic E-state index is 0.165. The van der Waals surface area contributed by atoms with Gasteiger partial charge in [-0.3, -0.25) is 4.79 Å². The summed E-state index contributed by atoms with van der Waals surface area (Å²) in [4.78, 5) is 24.9. The minimum atomic E-state index is -0.929. The molecule has 1 heterocycles. The maximum absolute atomic E-state index is 12.3. The van der Waals surface area contributed by atoms with Crippen LogP contribution in [-0.4, -0.2) is 41.1 Å². The molecule has 3 rings (SSSR count). The van der Waals surface area contributed by atoms with Crippen LogP contribution in [0.15, 0.2) is 54.6 Å². The number of aliphatic carboxylic acids is 1. The van der Waals surface area contributed by atoms with Crippen molar-refractivity contribution in [3.05, 3.63) is 54.6 Å². The molecule has 0 radical (unpaired) electrons. The topological polar surface area (TPSA) is 66.8 Å². The highest BCUT2D eigenvalue weighted by molar-refractivity contribution is 5.84. The molecule has 5 nitrogen and oxygen atoms in total. The molecule has 0 spiro atoms. The van der Waals surface area contributed by atoms with Crippen molar-refractivity contribution in [1.29, 1.82) is 0 Å². The summed E-state index contributed by atoms with van der Waals surface area (Å²) in [6, 6.07) is 16.9. The summed E-state index contributed by atoms with van der Waals surface area (Å²) in [6.07, 6.45) is 1.44. The van der Waals surface area contributed by atoms with Gasteiger partial charge in [0, 0.05) is 12.1 Å². The van der Waals surface area contributed by atoms with Crippen molar-refractivity contribution in [2.75, 3.05) is 13.2 Å². The SMILES string of the molecule is O=C(O)[C@H]1CCCN1C(=O)CCOc1ccccc1-c1ccccc1. The number of rotatable bonds is 6. The van der Waals surface area contributed by atoms with E-state index < -0.39 is 12.0 Å². The molecule has 0 saturated carbocycles. The Balaban J connectivity index is 1.61. The van der Waals surface area contributed by atoms with Crippen molar-refractivity contribution in [2.45, 2.75) is 25.3 Å². The largest absolute Gasteiger partial charge is 0.492 e. The number of para-hydroxylation sites is 1. The van der Waals surface area contributed by atoms with E-state index >= 15 is 0 Å². The highest BCUT2D eigenvalue weighted by Gasteiger charge is 2.33. The van der Waals surface area contributed by atoms with Crippen molar-refractivity contribution >= 4 is 11.9 Å². The van der Waals surface area contributed by atoms with Crippen LogP contribution in [0, 0.1) is 0 Å². The van der Waals surface area contributed by atoms with E-state index in [1.165, 1.54) is 4.90 Å². The molecule has 1 atom stereocenters. The van der Waals surface area contributed by atoms with Crippen molar-refractivity contribution < 1.29 is 19.4 Å². The Morgan fingerprint density at radius 2 is 1.80 bits per heavy atom. The number of likely N-dealkylation sites (tertiary alicyclic amines) is 1. The molecule has 1 fully saturated rings. The smallest absolute Gasteiger partial charge is 0.326 e. The van der Waals surface area contributed by atoms with Crippen LogP contribution in [0.5, 0.6) is 5.75 Å². The molecule has 1 amide bonds. The Bertz CT molecular complexity index is 744. The summed E-state index contributed by atoms with van der Waals surface area (Å²) >= 11 is 0. The zero-order valence-electron chi connectivity index (χ0n) is 13.9. The van der Waals surface area contributed by atoms with Gasteiger partial charge in [0.1, 0.15) is 11.8 Å². The molecular formula is C20H21NO4. The van der Waals surface area contributed by atoms with Gasteiger partial charge in [-0.2, -0.15) is 0 Å². The number of carboxylic acid groups (broad SMARTS) is 1. The van der Waals surface area contributed by atoms with Crippen LogP contribution in [0.25, 0.3) is 11.1 Å². The summed E-state index contributed by atoms with van der Waals surface area (Å²) in [5, 5.41) is 9.17. The molecule has 1 aliphatic rings. The third-order valence-electron chi connectivity index (χ3n) is 4.40. The molecule has 0 unspecified atom stereocenters. The number of ether oxygens (including phenoxy) is 1. The van der Waals surface area contributed by atoms with Gasteiger partial charge in [0.2, 0.25) is 5.91 Å². The highest BCUT2D eigenvalue weighted by atomic mass is 16.5. The Kier molecular flexibility index (Phi) is 5.33. The summed E-state index contributed by atoms with van der Waals surface area (Å²) in [6.45, 7) is 0.738. The lowest BCUT2D eigenvalue weighted by atomic mass is 10.1. The number of carbonyl (C=O) groups is 2. The highest BCUT2D eigenvalue weighted by Crippen LogP contribution is 2.29. The van der Waals surface area contributed by atoms with Crippen molar-refractivity contribution in [2.24, 2.45) is 0 Å². The number of benzene rings is 2. The zero-order chi connectivity index (χ0) is 17.6. The molecule has 0 bridgehead atoms. The number of carbonyl (C=O) groups excluding carboxylic acids is 1. The van der Waals surface area contributed by atoms with Crippen LogP contribution in [0.3, 0.4) is 0 Å². The first kappa shape index (κ1) is 17.0. The second-order valence-corrected chi connectivity index (χ2v) is 6.04. The second-order valence-electron chi connectivity index (χ2n) is 6.04. The first-order chi connectivity index (χ1) is 12.2. The lowest BCUT2D eigenvalue weighted by Gasteiger charge is -2.21. The predicted molar refractivity (Wildman–Crippen MR) is 94.4 cm³/mol. The summed E-state index contributed by atoms with van der Waals surface area (Å²) in [5.41, 5.74) is 2.02. The lowest BCUT2D eigenvalue weighted by Crippen LogP contribution is -2.40. The van der Waals surface area contributed by atoms with Crippen LogP contribution in [0.1, 0.15) is 19.3 Å². The van der Waals surface area contributed by atoms with Gasteiger partial charge < -0.3 is 14.7 Å². The Morgan fingerprint density at radius 3 is 2.56 bits per heavy atom. The van der Waals surface area contributed by atoms with E-state index in [4.69, 9.17) is 4.74 Å². The molecule has 0 aliphatic carbocycles. The van der Waals surface area contributed by atoms with Gasteiger partial charge in [-0.1, -0.05) is 48.5 Å². The Morgan fingerprint density at radius 1 is 1.08 bits per heavy atom. The van der Waals surface area contributed by atoms with Gasteiger partial charge in [-0.25, -0.2) is 4.79 Å². The van der Waals surface area contributed by atoms with E-state index in [-0.39, 0.29) is 18.9 Å². The Labute approximate surface area is 146 Å². The molecule has 2 aromatic carbocycles. The zero-order valence-corrected chi connectivity index (χ0v) is 13.9. The molecule has 1 N–H and O–H groups in total. The van der Waals surface area contributed by atoms with E-state index in [1.807, 2.05) is 54.6 Å². The van der Waals surface area contributed by atoms with E-state index in [1.54, 1.807) is 0 Å². The second kappa shape index (κ2) is 7.83. The normalized spacial score (nSPS) is 16.6. The van der Waals surface area contributed by atoms with Crippen LogP contribution < -0.4 is 4.74 Å². The van der Waals surface area contributed by atoms with Gasteiger partial charge >= 0.3 is 5.97 Å². The van der Waals surface area contributed by atoms with Crippen molar-refractivity contribution in [3.8, 4) is 16.9 Å². The fourth-order valence-electron chi connectivity index (χ4n) is 3.16. The molecule has 1 aliphatic heterocycles. The molecule has 5 heteroatoms. The number of nitrogens with zero attached hydrogens (tertiary/aromatic N) is 1. The fraction of sp³-hybridized carbons (Fsp3) is 0.300.